The van der Waals surface area contributed by atoms with Crippen molar-refractivity contribution in [2.75, 3.05) is 19.6 Å². The number of likely N-dealkylation sites (tertiary alicyclic amines) is 1. The summed E-state index contributed by atoms with van der Waals surface area (Å²) in [6.07, 6.45) is 5.57. The summed E-state index contributed by atoms with van der Waals surface area (Å²) in [6, 6.07) is 0. The molecule has 0 bridgehead atoms. The Hall–Kier alpha value is -0.940. The summed E-state index contributed by atoms with van der Waals surface area (Å²) in [5.74, 6) is 0.895. The van der Waals surface area contributed by atoms with Gasteiger partial charge < -0.3 is 10.6 Å². The third kappa shape index (κ3) is 3.76. The van der Waals surface area contributed by atoms with Crippen LogP contribution >= 0.6 is 11.3 Å². The van der Waals surface area contributed by atoms with Gasteiger partial charge in [-0.3, -0.25) is 4.79 Å². The number of hydrogen-bond acceptors (Lipinski definition) is 4. The number of carbonyl (C=O) groups excluding carboxylic acids is 1. The summed E-state index contributed by atoms with van der Waals surface area (Å²) in [7, 11) is 0. The molecule has 2 N–H and O–H groups in total. The molecular formula is C14H23N3OS. The van der Waals surface area contributed by atoms with E-state index < -0.39 is 0 Å². The molecule has 4 nitrogen and oxygen atoms in total. The van der Waals surface area contributed by atoms with Crippen LogP contribution in [0.2, 0.25) is 0 Å². The van der Waals surface area contributed by atoms with Crippen molar-refractivity contribution < 1.29 is 4.79 Å². The van der Waals surface area contributed by atoms with Gasteiger partial charge in [0.25, 0.3) is 5.91 Å². The van der Waals surface area contributed by atoms with Crippen LogP contribution < -0.4 is 5.73 Å². The zero-order chi connectivity index (χ0) is 13.7. The zero-order valence-corrected chi connectivity index (χ0v) is 12.4. The molecule has 0 aliphatic carbocycles. The van der Waals surface area contributed by atoms with Gasteiger partial charge in [-0.15, -0.1) is 11.3 Å². The lowest BCUT2D eigenvalue weighted by atomic mass is 9.92. The average molecular weight is 281 g/mol. The smallest absolute Gasteiger partial charge is 0.273 e. The highest BCUT2D eigenvalue weighted by molar-refractivity contribution is 7.09. The molecule has 0 unspecified atom stereocenters. The van der Waals surface area contributed by atoms with E-state index in [0.29, 0.717) is 12.2 Å². The molecule has 0 aromatic carbocycles. The van der Waals surface area contributed by atoms with Crippen molar-refractivity contribution in [2.45, 2.75) is 39.0 Å². The molecule has 2 heterocycles. The van der Waals surface area contributed by atoms with Gasteiger partial charge in [-0.05, 0) is 25.3 Å². The van der Waals surface area contributed by atoms with Gasteiger partial charge in [-0.25, -0.2) is 4.98 Å². The lowest BCUT2D eigenvalue weighted by molar-refractivity contribution is 0.0681. The second-order valence-electron chi connectivity index (χ2n) is 5.19. The van der Waals surface area contributed by atoms with Crippen LogP contribution in [0.4, 0.5) is 0 Å². The maximum atomic E-state index is 12.3. The van der Waals surface area contributed by atoms with Gasteiger partial charge in [-0.1, -0.05) is 19.8 Å². The second-order valence-corrected chi connectivity index (χ2v) is 6.13. The first kappa shape index (κ1) is 14.5. The highest BCUT2D eigenvalue weighted by Gasteiger charge is 2.24. The van der Waals surface area contributed by atoms with Gasteiger partial charge >= 0.3 is 0 Å². The van der Waals surface area contributed by atoms with Crippen molar-refractivity contribution in [3.8, 4) is 0 Å². The summed E-state index contributed by atoms with van der Waals surface area (Å²) in [5.41, 5.74) is 6.10. The van der Waals surface area contributed by atoms with E-state index in [1.54, 1.807) is 0 Å². The Morgan fingerprint density at radius 3 is 2.89 bits per heavy atom. The van der Waals surface area contributed by atoms with Crippen molar-refractivity contribution in [1.29, 1.82) is 0 Å². The summed E-state index contributed by atoms with van der Waals surface area (Å²) >= 11 is 1.54. The van der Waals surface area contributed by atoms with Crippen LogP contribution in [0.3, 0.4) is 0 Å². The van der Waals surface area contributed by atoms with E-state index in [2.05, 4.69) is 11.9 Å². The molecule has 19 heavy (non-hydrogen) atoms. The fourth-order valence-electron chi connectivity index (χ4n) is 2.64. The molecule has 0 atom stereocenters. The van der Waals surface area contributed by atoms with Crippen LogP contribution in [0.15, 0.2) is 5.38 Å². The normalized spacial score (nSPS) is 16.8. The second kappa shape index (κ2) is 7.01. The molecule has 0 saturated carbocycles. The minimum absolute atomic E-state index is 0.0921. The van der Waals surface area contributed by atoms with Crippen LogP contribution in [0.5, 0.6) is 0 Å². The number of nitrogens with zero attached hydrogens (tertiary/aromatic N) is 2. The van der Waals surface area contributed by atoms with Gasteiger partial charge in [-0.2, -0.15) is 0 Å². The van der Waals surface area contributed by atoms with Crippen molar-refractivity contribution in [3.63, 3.8) is 0 Å². The minimum atomic E-state index is 0.0921. The number of thiazole rings is 1. The van der Waals surface area contributed by atoms with Gasteiger partial charge in [0.05, 0.1) is 5.01 Å². The predicted molar refractivity (Wildman–Crippen MR) is 78.4 cm³/mol. The SMILES string of the molecule is CCCC1CCN(C(=O)c2csc(CCN)n2)CC1. The largest absolute Gasteiger partial charge is 0.337 e. The quantitative estimate of drug-likeness (QED) is 0.901. The molecule has 1 aliphatic rings. The van der Waals surface area contributed by atoms with Crippen LogP contribution in [0.1, 0.15) is 48.1 Å². The summed E-state index contributed by atoms with van der Waals surface area (Å²) in [4.78, 5) is 18.7. The molecule has 0 radical (unpaired) electrons. The number of piperidine rings is 1. The van der Waals surface area contributed by atoms with Crippen LogP contribution in [0.25, 0.3) is 0 Å². The number of hydrogen-bond donors (Lipinski definition) is 1. The number of amides is 1. The minimum Gasteiger partial charge on any atom is -0.337 e. The summed E-state index contributed by atoms with van der Waals surface area (Å²) < 4.78 is 0. The molecule has 1 aromatic heterocycles. The standard InChI is InChI=1S/C14H23N3OS/c1-2-3-11-5-8-17(9-6-11)14(18)12-10-19-13(16-12)4-7-15/h10-11H,2-9,15H2,1H3. The molecule has 1 aliphatic heterocycles. The summed E-state index contributed by atoms with van der Waals surface area (Å²) in [5, 5.41) is 2.83. The Bertz CT molecular complexity index is 411. The first-order valence-electron chi connectivity index (χ1n) is 7.18. The Balaban J connectivity index is 1.89. The molecule has 1 fully saturated rings. The Labute approximate surface area is 119 Å². The third-order valence-electron chi connectivity index (χ3n) is 3.73. The number of nitrogens with two attached hydrogens (primary N) is 1. The van der Waals surface area contributed by atoms with E-state index >= 15 is 0 Å². The number of carbonyl (C=O) groups is 1. The van der Waals surface area contributed by atoms with Gasteiger partial charge in [0.2, 0.25) is 0 Å². The highest BCUT2D eigenvalue weighted by atomic mass is 32.1. The summed E-state index contributed by atoms with van der Waals surface area (Å²) in [6.45, 7) is 4.58. The third-order valence-corrected chi connectivity index (χ3v) is 4.64. The van der Waals surface area contributed by atoms with Gasteiger partial charge in [0, 0.05) is 24.9 Å². The zero-order valence-electron chi connectivity index (χ0n) is 11.6. The molecule has 1 amide bonds. The topological polar surface area (TPSA) is 59.2 Å². The van der Waals surface area contributed by atoms with Crippen LogP contribution in [0, 0.1) is 5.92 Å². The highest BCUT2D eigenvalue weighted by Crippen LogP contribution is 2.23. The maximum Gasteiger partial charge on any atom is 0.273 e. The lowest BCUT2D eigenvalue weighted by Gasteiger charge is -2.31. The predicted octanol–water partition coefficient (Wildman–Crippen LogP) is 2.30. The molecule has 1 saturated heterocycles. The van der Waals surface area contributed by atoms with E-state index in [1.165, 1.54) is 24.2 Å². The van der Waals surface area contributed by atoms with E-state index in [1.807, 2.05) is 10.3 Å². The van der Waals surface area contributed by atoms with E-state index in [0.717, 1.165) is 43.3 Å². The fourth-order valence-corrected chi connectivity index (χ4v) is 3.43. The average Bonchev–Trinajstić information content (AvgIpc) is 2.88. The Kier molecular flexibility index (Phi) is 5.34. The number of rotatable bonds is 5. The molecular weight excluding hydrogens is 258 g/mol. The van der Waals surface area contributed by atoms with E-state index in [4.69, 9.17) is 5.73 Å². The molecule has 5 heteroatoms. The first-order valence-corrected chi connectivity index (χ1v) is 8.06. The first-order chi connectivity index (χ1) is 9.24. The Morgan fingerprint density at radius 2 is 2.26 bits per heavy atom. The van der Waals surface area contributed by atoms with Crippen molar-refractivity contribution in [3.05, 3.63) is 16.1 Å². The van der Waals surface area contributed by atoms with Crippen molar-refractivity contribution in [1.82, 2.24) is 9.88 Å². The van der Waals surface area contributed by atoms with Gasteiger partial charge in [0.15, 0.2) is 0 Å². The van der Waals surface area contributed by atoms with Crippen LogP contribution in [-0.4, -0.2) is 35.4 Å². The van der Waals surface area contributed by atoms with Crippen molar-refractivity contribution >= 4 is 17.2 Å². The fraction of sp³-hybridized carbons (Fsp3) is 0.714. The monoisotopic (exact) mass is 281 g/mol. The maximum absolute atomic E-state index is 12.3. The molecule has 0 spiro atoms. The van der Waals surface area contributed by atoms with Gasteiger partial charge in [0.1, 0.15) is 5.69 Å². The Morgan fingerprint density at radius 1 is 1.53 bits per heavy atom. The van der Waals surface area contributed by atoms with E-state index in [9.17, 15) is 4.79 Å². The van der Waals surface area contributed by atoms with Crippen LogP contribution in [-0.2, 0) is 6.42 Å². The number of aromatic nitrogens is 1. The van der Waals surface area contributed by atoms with E-state index in [-0.39, 0.29) is 5.91 Å². The molecule has 1 aromatic rings. The molecule has 106 valence electrons. The molecule has 2 rings (SSSR count). The lowest BCUT2D eigenvalue weighted by Crippen LogP contribution is -2.38. The van der Waals surface area contributed by atoms with Crippen molar-refractivity contribution in [2.24, 2.45) is 11.7 Å².